The van der Waals surface area contributed by atoms with Gasteiger partial charge in [0, 0.05) is 35.5 Å². The van der Waals surface area contributed by atoms with E-state index in [-0.39, 0.29) is 6.04 Å². The zero-order valence-corrected chi connectivity index (χ0v) is 33.2. The van der Waals surface area contributed by atoms with E-state index in [1.165, 1.54) is 22.3 Å². The number of aliphatic imine (C=N–C) groups is 2. The molecule has 1 aliphatic heterocycles. The van der Waals surface area contributed by atoms with E-state index in [2.05, 4.69) is 180 Å². The SMILES string of the molecule is C1=CCCC(c2cc(-c3ccc(-c4ccccn4)cc3)cc(C3CC(c4ccccc4)=NC(c4cc(-c5ccccc5)cc(-c5ccc(-c6ccccn6)cc5)c4)=N3)c2)=C1. The summed E-state index contributed by atoms with van der Waals surface area (Å²) >= 11 is 0. The highest BCUT2D eigenvalue weighted by Gasteiger charge is 2.24. The molecule has 2 aliphatic rings. The minimum atomic E-state index is -0.152. The average molecular weight is 771 g/mol. The van der Waals surface area contributed by atoms with Crippen molar-refractivity contribution < 1.29 is 0 Å². The molecule has 4 nitrogen and oxygen atoms in total. The Bertz CT molecular complexity index is 2890. The van der Waals surface area contributed by atoms with Crippen molar-refractivity contribution in [3.8, 4) is 55.9 Å². The lowest BCUT2D eigenvalue weighted by Gasteiger charge is -2.24. The molecule has 1 atom stereocenters. The molecule has 2 aromatic heterocycles. The largest absolute Gasteiger partial charge is 0.258 e. The number of nitrogens with zero attached hydrogens (tertiary/aromatic N) is 4. The van der Waals surface area contributed by atoms with Crippen LogP contribution in [0.1, 0.15) is 47.6 Å². The summed E-state index contributed by atoms with van der Waals surface area (Å²) in [5.41, 5.74) is 17.8. The number of allylic oxidation sites excluding steroid dienone is 4. The van der Waals surface area contributed by atoms with Crippen LogP contribution < -0.4 is 0 Å². The molecule has 0 bridgehead atoms. The van der Waals surface area contributed by atoms with Crippen molar-refractivity contribution in [1.82, 2.24) is 9.97 Å². The molecule has 1 aliphatic carbocycles. The highest BCUT2D eigenvalue weighted by Crippen LogP contribution is 2.38. The highest BCUT2D eigenvalue weighted by atomic mass is 15.0. The molecule has 6 aromatic carbocycles. The molecule has 1 unspecified atom stereocenters. The fourth-order valence-electron chi connectivity index (χ4n) is 8.22. The molecule has 0 amide bonds. The zero-order valence-electron chi connectivity index (χ0n) is 33.2. The first-order valence-electron chi connectivity index (χ1n) is 20.7. The molecule has 0 saturated carbocycles. The van der Waals surface area contributed by atoms with Crippen LogP contribution in [-0.4, -0.2) is 21.5 Å². The van der Waals surface area contributed by atoms with E-state index in [1.807, 2.05) is 42.7 Å². The summed E-state index contributed by atoms with van der Waals surface area (Å²) in [5.74, 6) is 0.737. The van der Waals surface area contributed by atoms with Crippen LogP contribution in [0, 0.1) is 0 Å². The van der Waals surface area contributed by atoms with E-state index in [4.69, 9.17) is 9.98 Å². The van der Waals surface area contributed by atoms with Gasteiger partial charge in [-0.25, -0.2) is 4.99 Å². The van der Waals surface area contributed by atoms with Gasteiger partial charge >= 0.3 is 0 Å². The van der Waals surface area contributed by atoms with Gasteiger partial charge in [-0.3, -0.25) is 15.0 Å². The molecule has 0 spiro atoms. The maximum atomic E-state index is 5.58. The Labute approximate surface area is 351 Å². The Hall–Kier alpha value is -7.56. The molecule has 0 fully saturated rings. The van der Waals surface area contributed by atoms with Crippen molar-refractivity contribution in [3.63, 3.8) is 0 Å². The molecule has 0 saturated heterocycles. The lowest BCUT2D eigenvalue weighted by atomic mass is 9.88. The molecular weight excluding hydrogens is 729 g/mol. The van der Waals surface area contributed by atoms with Gasteiger partial charge in [0.2, 0.25) is 0 Å². The van der Waals surface area contributed by atoms with Gasteiger partial charge in [0.05, 0.1) is 23.1 Å². The molecular formula is C56H42N4. The molecule has 8 aromatic rings. The van der Waals surface area contributed by atoms with E-state index in [0.29, 0.717) is 6.42 Å². The van der Waals surface area contributed by atoms with Gasteiger partial charge in [0.25, 0.3) is 0 Å². The van der Waals surface area contributed by atoms with Crippen LogP contribution >= 0.6 is 0 Å². The van der Waals surface area contributed by atoms with Gasteiger partial charge in [0.1, 0.15) is 0 Å². The van der Waals surface area contributed by atoms with E-state index in [9.17, 15) is 0 Å². The first-order chi connectivity index (χ1) is 29.7. The predicted molar refractivity (Wildman–Crippen MR) is 249 cm³/mol. The van der Waals surface area contributed by atoms with Crippen molar-refractivity contribution in [3.05, 3.63) is 235 Å². The number of amidine groups is 1. The van der Waals surface area contributed by atoms with E-state index in [0.717, 1.165) is 85.8 Å². The van der Waals surface area contributed by atoms with E-state index >= 15 is 0 Å². The maximum absolute atomic E-state index is 5.58. The van der Waals surface area contributed by atoms with Gasteiger partial charge in [-0.15, -0.1) is 0 Å². The second-order valence-corrected chi connectivity index (χ2v) is 15.3. The molecule has 0 N–H and O–H groups in total. The molecule has 0 radical (unpaired) electrons. The van der Waals surface area contributed by atoms with Gasteiger partial charge in [0.15, 0.2) is 5.84 Å². The highest BCUT2D eigenvalue weighted by molar-refractivity contribution is 6.14. The van der Waals surface area contributed by atoms with Crippen LogP contribution in [0.25, 0.3) is 61.5 Å². The standard InChI is InChI=1S/C56H42N4/c1-4-14-39(15-5-1)46-32-47(41-22-26-44(27-23-41)52-20-10-12-30-57-52)35-50(34-46)55-38-54(43-18-8-3-9-19-43)59-56(60-55)51-36-48(40-16-6-2-7-17-40)33-49(37-51)42-24-28-45(29-25-42)53-21-11-13-31-58-53/h1-4,6-14,16-37,55H,5,15,38H2. The minimum absolute atomic E-state index is 0.152. The maximum Gasteiger partial charge on any atom is 0.155 e. The molecule has 10 rings (SSSR count). The summed E-state index contributed by atoms with van der Waals surface area (Å²) in [7, 11) is 0. The zero-order chi connectivity index (χ0) is 40.1. The Balaban J connectivity index is 1.10. The lowest BCUT2D eigenvalue weighted by Crippen LogP contribution is -2.17. The smallest absolute Gasteiger partial charge is 0.155 e. The van der Waals surface area contributed by atoms with Crippen LogP contribution in [0.5, 0.6) is 0 Å². The second-order valence-electron chi connectivity index (χ2n) is 15.3. The number of pyridine rings is 2. The average Bonchev–Trinajstić information content (AvgIpc) is 3.35. The summed E-state index contributed by atoms with van der Waals surface area (Å²) in [6.07, 6.45) is 13.1. The fourth-order valence-corrected chi connectivity index (χ4v) is 8.22. The van der Waals surface area contributed by atoms with Gasteiger partial charge in [-0.1, -0.05) is 140 Å². The third-order valence-corrected chi connectivity index (χ3v) is 11.4. The summed E-state index contributed by atoms with van der Waals surface area (Å²) in [4.78, 5) is 20.1. The number of rotatable bonds is 9. The van der Waals surface area contributed by atoms with Crippen molar-refractivity contribution in [2.24, 2.45) is 9.98 Å². The first-order valence-corrected chi connectivity index (χ1v) is 20.7. The van der Waals surface area contributed by atoms with E-state index < -0.39 is 0 Å². The normalized spacial score (nSPS) is 14.9. The second kappa shape index (κ2) is 16.7. The number of benzene rings is 6. The molecule has 60 heavy (non-hydrogen) atoms. The molecule has 4 heteroatoms. The van der Waals surface area contributed by atoms with Crippen LogP contribution in [0.15, 0.2) is 223 Å². The number of aromatic nitrogens is 2. The van der Waals surface area contributed by atoms with Crippen molar-refractivity contribution in [1.29, 1.82) is 0 Å². The number of hydrogen-bond donors (Lipinski definition) is 0. The predicted octanol–water partition coefficient (Wildman–Crippen LogP) is 13.9. The topological polar surface area (TPSA) is 50.5 Å². The summed E-state index contributed by atoms with van der Waals surface area (Å²) < 4.78 is 0. The Morgan fingerprint density at radius 1 is 0.417 bits per heavy atom. The Morgan fingerprint density at radius 3 is 1.48 bits per heavy atom. The lowest BCUT2D eigenvalue weighted by molar-refractivity contribution is 0.753. The van der Waals surface area contributed by atoms with Gasteiger partial charge in [-0.2, -0.15) is 0 Å². The summed E-state index contributed by atoms with van der Waals surface area (Å²) in [5, 5.41) is 0. The first kappa shape index (κ1) is 36.8. The van der Waals surface area contributed by atoms with Crippen molar-refractivity contribution in [2.75, 3.05) is 0 Å². The van der Waals surface area contributed by atoms with E-state index in [1.54, 1.807) is 0 Å². The van der Waals surface area contributed by atoms with Crippen LogP contribution in [0.3, 0.4) is 0 Å². The quantitative estimate of drug-likeness (QED) is 0.147. The monoisotopic (exact) mass is 770 g/mol. The van der Waals surface area contributed by atoms with Crippen molar-refractivity contribution >= 4 is 17.1 Å². The van der Waals surface area contributed by atoms with Crippen LogP contribution in [0.2, 0.25) is 0 Å². The third-order valence-electron chi connectivity index (χ3n) is 11.4. The Morgan fingerprint density at radius 2 is 0.917 bits per heavy atom. The van der Waals surface area contributed by atoms with Gasteiger partial charge < -0.3 is 0 Å². The summed E-state index contributed by atoms with van der Waals surface area (Å²) in [6, 6.07) is 64.4. The minimum Gasteiger partial charge on any atom is -0.258 e. The van der Waals surface area contributed by atoms with Crippen molar-refractivity contribution in [2.45, 2.75) is 25.3 Å². The van der Waals surface area contributed by atoms with Crippen LogP contribution in [0.4, 0.5) is 0 Å². The molecule has 3 heterocycles. The van der Waals surface area contributed by atoms with Gasteiger partial charge in [-0.05, 0) is 129 Å². The fraction of sp³-hybridized carbons (Fsp3) is 0.0714. The number of hydrogen-bond acceptors (Lipinski definition) is 4. The summed E-state index contributed by atoms with van der Waals surface area (Å²) in [6.45, 7) is 0. The molecule has 286 valence electrons. The van der Waals surface area contributed by atoms with Crippen LogP contribution in [-0.2, 0) is 0 Å². The third kappa shape index (κ3) is 7.96. The Kier molecular flexibility index (Phi) is 10.3.